The lowest BCUT2D eigenvalue weighted by Crippen LogP contribution is -2.26. The van der Waals surface area contributed by atoms with E-state index in [0.717, 1.165) is 34.0 Å². The average Bonchev–Trinajstić information content (AvgIpc) is 3.09. The molecule has 6 heteroatoms. The third kappa shape index (κ3) is 4.69. The number of halogens is 2. The molecule has 0 unspecified atom stereocenters. The second-order valence-electron chi connectivity index (χ2n) is 6.08. The zero-order valence-electron chi connectivity index (χ0n) is 14.6. The van der Waals surface area contributed by atoms with Crippen LogP contribution in [-0.2, 0) is 17.8 Å². The zero-order chi connectivity index (χ0) is 18.4. The van der Waals surface area contributed by atoms with Crippen molar-refractivity contribution >= 4 is 11.6 Å². The number of nitrogens with zero attached hydrogens (tertiary/aromatic N) is 2. The molecule has 0 bridgehead atoms. The average molecular weight is 374 g/mol. The van der Waals surface area contributed by atoms with Gasteiger partial charge in [0.1, 0.15) is 5.82 Å². The first-order valence-corrected chi connectivity index (χ1v) is 8.78. The van der Waals surface area contributed by atoms with Crippen molar-refractivity contribution in [2.45, 2.75) is 13.1 Å². The SMILES string of the molecule is COCCN(Cc1ccccc1Cl)Cc1cn[nH]c1-c1cccc(F)c1. The van der Waals surface area contributed by atoms with Gasteiger partial charge in [-0.1, -0.05) is 41.9 Å². The molecule has 0 aliphatic heterocycles. The van der Waals surface area contributed by atoms with Crippen molar-refractivity contribution in [1.82, 2.24) is 15.1 Å². The van der Waals surface area contributed by atoms with Crippen LogP contribution in [0.4, 0.5) is 4.39 Å². The molecule has 0 spiro atoms. The van der Waals surface area contributed by atoms with Crippen LogP contribution in [0, 0.1) is 5.82 Å². The fraction of sp³-hybridized carbons (Fsp3) is 0.250. The molecule has 2 aromatic carbocycles. The van der Waals surface area contributed by atoms with Crippen molar-refractivity contribution in [3.8, 4) is 11.3 Å². The highest BCUT2D eigenvalue weighted by Crippen LogP contribution is 2.24. The number of methoxy groups -OCH3 is 1. The summed E-state index contributed by atoms with van der Waals surface area (Å²) < 4.78 is 18.8. The van der Waals surface area contributed by atoms with Gasteiger partial charge in [-0.05, 0) is 23.8 Å². The van der Waals surface area contributed by atoms with Gasteiger partial charge in [0.15, 0.2) is 0 Å². The molecule has 136 valence electrons. The van der Waals surface area contributed by atoms with Gasteiger partial charge in [0.2, 0.25) is 0 Å². The molecule has 3 rings (SSSR count). The maximum Gasteiger partial charge on any atom is 0.123 e. The highest BCUT2D eigenvalue weighted by atomic mass is 35.5. The molecule has 0 radical (unpaired) electrons. The van der Waals surface area contributed by atoms with E-state index in [1.54, 1.807) is 19.4 Å². The van der Waals surface area contributed by atoms with Crippen LogP contribution in [-0.4, -0.2) is 35.4 Å². The summed E-state index contributed by atoms with van der Waals surface area (Å²) in [7, 11) is 1.68. The maximum atomic E-state index is 13.6. The van der Waals surface area contributed by atoms with Crippen molar-refractivity contribution in [2.75, 3.05) is 20.3 Å². The van der Waals surface area contributed by atoms with E-state index in [1.807, 2.05) is 30.3 Å². The summed E-state index contributed by atoms with van der Waals surface area (Å²) >= 11 is 6.31. The van der Waals surface area contributed by atoms with Crippen molar-refractivity contribution < 1.29 is 9.13 Å². The summed E-state index contributed by atoms with van der Waals surface area (Å²) in [5.41, 5.74) is 3.66. The maximum absolute atomic E-state index is 13.6. The molecule has 1 heterocycles. The van der Waals surface area contributed by atoms with Crippen molar-refractivity contribution in [2.24, 2.45) is 0 Å². The van der Waals surface area contributed by atoms with Gasteiger partial charge in [-0.15, -0.1) is 0 Å². The highest BCUT2D eigenvalue weighted by Gasteiger charge is 2.14. The Morgan fingerprint density at radius 3 is 2.69 bits per heavy atom. The van der Waals surface area contributed by atoms with Crippen LogP contribution >= 0.6 is 11.6 Å². The molecular formula is C20H21ClFN3O. The van der Waals surface area contributed by atoms with E-state index >= 15 is 0 Å². The van der Waals surface area contributed by atoms with Crippen LogP contribution in [0.5, 0.6) is 0 Å². The van der Waals surface area contributed by atoms with Gasteiger partial charge in [-0.2, -0.15) is 5.10 Å². The summed E-state index contributed by atoms with van der Waals surface area (Å²) in [6.07, 6.45) is 1.78. The van der Waals surface area contributed by atoms with Gasteiger partial charge < -0.3 is 4.74 Å². The highest BCUT2D eigenvalue weighted by molar-refractivity contribution is 6.31. The molecule has 0 atom stereocenters. The summed E-state index contributed by atoms with van der Waals surface area (Å²) in [6.45, 7) is 2.70. The van der Waals surface area contributed by atoms with Crippen molar-refractivity contribution in [3.63, 3.8) is 0 Å². The third-order valence-electron chi connectivity index (χ3n) is 4.19. The summed E-state index contributed by atoms with van der Waals surface area (Å²) in [5.74, 6) is -0.268. The zero-order valence-corrected chi connectivity index (χ0v) is 15.3. The molecule has 3 aromatic rings. The van der Waals surface area contributed by atoms with Gasteiger partial charge >= 0.3 is 0 Å². The van der Waals surface area contributed by atoms with Gasteiger partial charge in [0, 0.05) is 42.9 Å². The molecule has 0 saturated heterocycles. The number of hydrogen-bond acceptors (Lipinski definition) is 3. The van der Waals surface area contributed by atoms with Crippen molar-refractivity contribution in [1.29, 1.82) is 0 Å². The number of hydrogen-bond donors (Lipinski definition) is 1. The Kier molecular flexibility index (Phi) is 6.39. The first kappa shape index (κ1) is 18.6. The van der Waals surface area contributed by atoms with Crippen LogP contribution in [0.1, 0.15) is 11.1 Å². The quantitative estimate of drug-likeness (QED) is 0.631. The topological polar surface area (TPSA) is 41.1 Å². The van der Waals surface area contributed by atoms with Gasteiger partial charge in [0.25, 0.3) is 0 Å². The predicted molar refractivity (Wildman–Crippen MR) is 101 cm³/mol. The molecule has 4 nitrogen and oxygen atoms in total. The third-order valence-corrected chi connectivity index (χ3v) is 4.56. The smallest absolute Gasteiger partial charge is 0.123 e. The largest absolute Gasteiger partial charge is 0.383 e. The minimum atomic E-state index is -0.268. The molecule has 0 saturated carbocycles. The van der Waals surface area contributed by atoms with E-state index in [0.29, 0.717) is 19.7 Å². The fourth-order valence-electron chi connectivity index (χ4n) is 2.87. The Morgan fingerprint density at radius 2 is 1.92 bits per heavy atom. The van der Waals surface area contributed by atoms with Gasteiger partial charge in [0.05, 0.1) is 18.5 Å². The lowest BCUT2D eigenvalue weighted by atomic mass is 10.1. The molecule has 0 aliphatic rings. The number of H-pyrrole nitrogens is 1. The molecule has 0 amide bonds. The first-order valence-electron chi connectivity index (χ1n) is 8.40. The minimum absolute atomic E-state index is 0.268. The number of benzene rings is 2. The van der Waals surface area contributed by atoms with E-state index in [-0.39, 0.29) is 5.82 Å². The second kappa shape index (κ2) is 8.94. The summed E-state index contributed by atoms with van der Waals surface area (Å²) in [6, 6.07) is 14.3. The van der Waals surface area contributed by atoms with Crippen LogP contribution in [0.25, 0.3) is 11.3 Å². The van der Waals surface area contributed by atoms with Crippen LogP contribution in [0.2, 0.25) is 5.02 Å². The Hall–Kier alpha value is -2.21. The normalized spacial score (nSPS) is 11.2. The molecule has 0 fully saturated rings. The number of nitrogens with one attached hydrogen (secondary N) is 1. The lowest BCUT2D eigenvalue weighted by Gasteiger charge is -2.22. The van der Waals surface area contributed by atoms with E-state index in [2.05, 4.69) is 15.1 Å². The number of aromatic amines is 1. The van der Waals surface area contributed by atoms with E-state index < -0.39 is 0 Å². The van der Waals surface area contributed by atoms with Crippen LogP contribution < -0.4 is 0 Å². The fourth-order valence-corrected chi connectivity index (χ4v) is 3.06. The summed E-state index contributed by atoms with van der Waals surface area (Å²) in [5, 5.41) is 7.88. The molecule has 1 aromatic heterocycles. The van der Waals surface area contributed by atoms with E-state index in [1.165, 1.54) is 12.1 Å². The molecular weight excluding hydrogens is 353 g/mol. The lowest BCUT2D eigenvalue weighted by molar-refractivity contribution is 0.140. The molecule has 26 heavy (non-hydrogen) atoms. The first-order chi connectivity index (χ1) is 12.7. The Labute approximate surface area is 157 Å². The van der Waals surface area contributed by atoms with Crippen LogP contribution in [0.15, 0.2) is 54.7 Å². The molecule has 0 aliphatic carbocycles. The number of aromatic nitrogens is 2. The second-order valence-corrected chi connectivity index (χ2v) is 6.48. The van der Waals surface area contributed by atoms with Crippen LogP contribution in [0.3, 0.4) is 0 Å². The van der Waals surface area contributed by atoms with Crippen molar-refractivity contribution in [3.05, 3.63) is 76.7 Å². The monoisotopic (exact) mass is 373 g/mol. The van der Waals surface area contributed by atoms with E-state index in [4.69, 9.17) is 16.3 Å². The Balaban J connectivity index is 1.81. The molecule has 1 N–H and O–H groups in total. The minimum Gasteiger partial charge on any atom is -0.383 e. The predicted octanol–water partition coefficient (Wildman–Crippen LogP) is 4.52. The summed E-state index contributed by atoms with van der Waals surface area (Å²) in [4.78, 5) is 2.23. The Morgan fingerprint density at radius 1 is 1.12 bits per heavy atom. The Bertz CT molecular complexity index is 852. The van der Waals surface area contributed by atoms with Gasteiger partial charge in [-0.25, -0.2) is 4.39 Å². The van der Waals surface area contributed by atoms with Gasteiger partial charge in [-0.3, -0.25) is 10.00 Å². The van der Waals surface area contributed by atoms with E-state index in [9.17, 15) is 4.39 Å². The standard InChI is InChI=1S/C20H21ClFN3O/c1-26-10-9-25(13-16-5-2-3-8-19(16)21)14-17-12-23-24-20(17)15-6-4-7-18(22)11-15/h2-8,11-12H,9-10,13-14H2,1H3,(H,23,24). The number of ether oxygens (including phenoxy) is 1. The number of rotatable bonds is 8.